The highest BCUT2D eigenvalue weighted by Crippen LogP contribution is 2.14. The molecule has 18 heavy (non-hydrogen) atoms. The highest BCUT2D eigenvalue weighted by atomic mass is 16.5. The van der Waals surface area contributed by atoms with E-state index < -0.39 is 0 Å². The van der Waals surface area contributed by atoms with E-state index in [4.69, 9.17) is 10.5 Å². The Morgan fingerprint density at radius 3 is 3.06 bits per heavy atom. The minimum absolute atomic E-state index is 0.541. The van der Waals surface area contributed by atoms with E-state index in [9.17, 15) is 0 Å². The topological polar surface area (TPSA) is 78.8 Å². The van der Waals surface area contributed by atoms with Gasteiger partial charge in [0.05, 0.1) is 13.2 Å². The molecule has 0 spiro atoms. The van der Waals surface area contributed by atoms with Crippen molar-refractivity contribution in [1.29, 1.82) is 0 Å². The van der Waals surface area contributed by atoms with E-state index in [-0.39, 0.29) is 0 Å². The van der Waals surface area contributed by atoms with Crippen LogP contribution in [0.15, 0.2) is 24.3 Å². The standard InChI is InChI=1S/C12H17N5O/c1-2-18-11-5-3-4-10(8-11)9-17-12(6-7-13)14-15-16-17/h3-5,8H,2,6-7,9,13H2,1H3. The van der Waals surface area contributed by atoms with E-state index in [1.807, 2.05) is 31.2 Å². The van der Waals surface area contributed by atoms with Gasteiger partial charge in [-0.2, -0.15) is 0 Å². The lowest BCUT2D eigenvalue weighted by atomic mass is 10.2. The van der Waals surface area contributed by atoms with Crippen LogP contribution in [0.5, 0.6) is 5.75 Å². The van der Waals surface area contributed by atoms with Gasteiger partial charge in [0.2, 0.25) is 0 Å². The summed E-state index contributed by atoms with van der Waals surface area (Å²) in [6.07, 6.45) is 0.679. The van der Waals surface area contributed by atoms with Gasteiger partial charge in [0.25, 0.3) is 0 Å². The fourth-order valence-corrected chi connectivity index (χ4v) is 1.73. The molecule has 6 heteroatoms. The smallest absolute Gasteiger partial charge is 0.152 e. The molecule has 0 radical (unpaired) electrons. The highest BCUT2D eigenvalue weighted by Gasteiger charge is 2.06. The summed E-state index contributed by atoms with van der Waals surface area (Å²) < 4.78 is 7.22. The van der Waals surface area contributed by atoms with Gasteiger partial charge in [-0.15, -0.1) is 5.10 Å². The van der Waals surface area contributed by atoms with Crippen molar-refractivity contribution in [2.24, 2.45) is 5.73 Å². The van der Waals surface area contributed by atoms with Crippen LogP contribution in [0.25, 0.3) is 0 Å². The molecule has 1 heterocycles. The molecule has 2 aromatic rings. The van der Waals surface area contributed by atoms with Crippen LogP contribution >= 0.6 is 0 Å². The fraction of sp³-hybridized carbons (Fsp3) is 0.417. The SMILES string of the molecule is CCOc1cccc(Cn2nnnc2CCN)c1. The van der Waals surface area contributed by atoms with Crippen LogP contribution in [0.1, 0.15) is 18.3 Å². The van der Waals surface area contributed by atoms with E-state index in [0.29, 0.717) is 26.1 Å². The second-order valence-electron chi connectivity index (χ2n) is 3.87. The second-order valence-corrected chi connectivity index (χ2v) is 3.87. The zero-order chi connectivity index (χ0) is 12.8. The highest BCUT2D eigenvalue weighted by molar-refractivity contribution is 5.28. The van der Waals surface area contributed by atoms with Crippen molar-refractivity contribution in [2.75, 3.05) is 13.2 Å². The molecule has 0 aliphatic heterocycles. The van der Waals surface area contributed by atoms with E-state index >= 15 is 0 Å². The number of rotatable bonds is 6. The Morgan fingerprint density at radius 2 is 2.28 bits per heavy atom. The summed E-state index contributed by atoms with van der Waals surface area (Å²) >= 11 is 0. The van der Waals surface area contributed by atoms with Crippen LogP contribution in [0, 0.1) is 0 Å². The largest absolute Gasteiger partial charge is 0.494 e. The third-order valence-corrected chi connectivity index (χ3v) is 2.52. The molecule has 96 valence electrons. The quantitative estimate of drug-likeness (QED) is 0.809. The molecular formula is C12H17N5O. The van der Waals surface area contributed by atoms with Gasteiger partial charge in [0, 0.05) is 6.42 Å². The van der Waals surface area contributed by atoms with Crippen molar-refractivity contribution < 1.29 is 4.74 Å². The van der Waals surface area contributed by atoms with Crippen LogP contribution in [0.3, 0.4) is 0 Å². The number of nitrogens with two attached hydrogens (primary N) is 1. The Labute approximate surface area is 106 Å². The normalized spacial score (nSPS) is 10.6. The predicted molar refractivity (Wildman–Crippen MR) is 67.3 cm³/mol. The van der Waals surface area contributed by atoms with Gasteiger partial charge in [0.15, 0.2) is 5.82 Å². The summed E-state index contributed by atoms with van der Waals surface area (Å²) in [5.41, 5.74) is 6.62. The summed E-state index contributed by atoms with van der Waals surface area (Å²) in [4.78, 5) is 0. The Morgan fingerprint density at radius 1 is 1.39 bits per heavy atom. The molecule has 2 rings (SSSR count). The first-order valence-corrected chi connectivity index (χ1v) is 6.00. The molecule has 2 N–H and O–H groups in total. The maximum absolute atomic E-state index is 5.52. The van der Waals surface area contributed by atoms with Gasteiger partial charge in [0.1, 0.15) is 5.75 Å². The minimum Gasteiger partial charge on any atom is -0.494 e. The lowest BCUT2D eigenvalue weighted by Crippen LogP contribution is -2.12. The van der Waals surface area contributed by atoms with E-state index in [2.05, 4.69) is 15.5 Å². The lowest BCUT2D eigenvalue weighted by Gasteiger charge is -2.07. The molecule has 1 aromatic heterocycles. The van der Waals surface area contributed by atoms with E-state index in [1.165, 1.54) is 0 Å². The molecule has 1 aromatic carbocycles. The third kappa shape index (κ3) is 3.04. The van der Waals surface area contributed by atoms with Crippen molar-refractivity contribution in [2.45, 2.75) is 19.9 Å². The van der Waals surface area contributed by atoms with Crippen molar-refractivity contribution >= 4 is 0 Å². The third-order valence-electron chi connectivity index (χ3n) is 2.52. The maximum atomic E-state index is 5.52. The van der Waals surface area contributed by atoms with E-state index in [0.717, 1.165) is 17.1 Å². The van der Waals surface area contributed by atoms with Gasteiger partial charge in [-0.3, -0.25) is 0 Å². The molecule has 0 bridgehead atoms. The van der Waals surface area contributed by atoms with Crippen molar-refractivity contribution in [1.82, 2.24) is 20.2 Å². The number of benzene rings is 1. The Hall–Kier alpha value is -1.95. The van der Waals surface area contributed by atoms with Crippen molar-refractivity contribution in [3.63, 3.8) is 0 Å². The summed E-state index contributed by atoms with van der Waals surface area (Å²) in [6, 6.07) is 7.93. The average molecular weight is 247 g/mol. The summed E-state index contributed by atoms with van der Waals surface area (Å²) in [5, 5.41) is 11.6. The first kappa shape index (κ1) is 12.5. The first-order chi connectivity index (χ1) is 8.83. The monoisotopic (exact) mass is 247 g/mol. The van der Waals surface area contributed by atoms with Gasteiger partial charge >= 0.3 is 0 Å². The maximum Gasteiger partial charge on any atom is 0.152 e. The molecule has 0 unspecified atom stereocenters. The molecule has 0 saturated carbocycles. The zero-order valence-electron chi connectivity index (χ0n) is 10.4. The number of ether oxygens (including phenoxy) is 1. The second kappa shape index (κ2) is 6.11. The Bertz CT molecular complexity index is 497. The molecule has 6 nitrogen and oxygen atoms in total. The summed E-state index contributed by atoms with van der Waals surface area (Å²) in [5.74, 6) is 1.67. The molecule has 0 saturated heterocycles. The predicted octanol–water partition coefficient (Wildman–Crippen LogP) is 0.621. The number of hydrogen-bond acceptors (Lipinski definition) is 5. The van der Waals surface area contributed by atoms with E-state index in [1.54, 1.807) is 4.68 Å². The van der Waals surface area contributed by atoms with Gasteiger partial charge in [-0.05, 0) is 41.6 Å². The Balaban J connectivity index is 2.12. The van der Waals surface area contributed by atoms with Crippen LogP contribution in [-0.4, -0.2) is 33.4 Å². The van der Waals surface area contributed by atoms with Gasteiger partial charge in [-0.25, -0.2) is 4.68 Å². The number of tetrazole rings is 1. The van der Waals surface area contributed by atoms with Crippen LogP contribution < -0.4 is 10.5 Å². The number of nitrogens with zero attached hydrogens (tertiary/aromatic N) is 4. The number of aromatic nitrogens is 4. The van der Waals surface area contributed by atoms with Gasteiger partial charge in [-0.1, -0.05) is 12.1 Å². The molecule has 0 atom stereocenters. The lowest BCUT2D eigenvalue weighted by molar-refractivity contribution is 0.339. The summed E-state index contributed by atoms with van der Waals surface area (Å²) in [7, 11) is 0. The van der Waals surface area contributed by atoms with Crippen LogP contribution in [0.4, 0.5) is 0 Å². The van der Waals surface area contributed by atoms with Crippen molar-refractivity contribution in [3.05, 3.63) is 35.7 Å². The van der Waals surface area contributed by atoms with Gasteiger partial charge < -0.3 is 10.5 Å². The molecular weight excluding hydrogens is 230 g/mol. The molecule has 0 amide bonds. The number of hydrogen-bond donors (Lipinski definition) is 1. The van der Waals surface area contributed by atoms with Crippen molar-refractivity contribution in [3.8, 4) is 5.75 Å². The Kier molecular flexibility index (Phi) is 4.25. The molecule has 0 aliphatic carbocycles. The van der Waals surface area contributed by atoms with Crippen LogP contribution in [0.2, 0.25) is 0 Å². The fourth-order valence-electron chi connectivity index (χ4n) is 1.73. The molecule has 0 aliphatic rings. The molecule has 0 fully saturated rings. The first-order valence-electron chi connectivity index (χ1n) is 6.00. The summed E-state index contributed by atoms with van der Waals surface area (Å²) in [6.45, 7) is 3.79. The minimum atomic E-state index is 0.541. The van der Waals surface area contributed by atoms with Crippen LogP contribution in [-0.2, 0) is 13.0 Å². The average Bonchev–Trinajstić information content (AvgIpc) is 2.78. The zero-order valence-corrected chi connectivity index (χ0v) is 10.4.